The Labute approximate surface area is 196 Å². The summed E-state index contributed by atoms with van der Waals surface area (Å²) >= 11 is 0. The van der Waals surface area contributed by atoms with E-state index in [-0.39, 0.29) is 36.6 Å². The maximum absolute atomic E-state index is 12.9. The summed E-state index contributed by atoms with van der Waals surface area (Å²) in [7, 11) is 0. The molecule has 2 N–H and O–H groups in total. The minimum atomic E-state index is -0.640. The molecule has 0 aliphatic carbocycles. The Balaban J connectivity index is 1.22. The fraction of sp³-hybridized carbons (Fsp3) is 0.458. The van der Waals surface area contributed by atoms with Gasteiger partial charge in [0.1, 0.15) is 18.4 Å². The predicted octanol–water partition coefficient (Wildman–Crippen LogP) is 1.17. The van der Waals surface area contributed by atoms with E-state index in [1.165, 1.54) is 4.90 Å². The topological polar surface area (TPSA) is 125 Å². The zero-order valence-electron chi connectivity index (χ0n) is 18.8. The van der Waals surface area contributed by atoms with Crippen LogP contribution in [0.5, 0.6) is 5.75 Å². The monoisotopic (exact) mass is 465 g/mol. The van der Waals surface area contributed by atoms with Crippen LogP contribution in [0.25, 0.3) is 0 Å². The first kappa shape index (κ1) is 22.1. The second-order valence-electron chi connectivity index (χ2n) is 9.01. The molecule has 4 heterocycles. The van der Waals surface area contributed by atoms with Crippen LogP contribution >= 0.6 is 0 Å². The average molecular weight is 466 g/mol. The molecular weight excluding hydrogens is 438 g/mol. The summed E-state index contributed by atoms with van der Waals surface area (Å²) in [5.41, 5.74) is 2.06. The molecule has 0 bridgehead atoms. The molecule has 3 aliphatic heterocycles. The lowest BCUT2D eigenvalue weighted by atomic mass is 10.0. The van der Waals surface area contributed by atoms with Gasteiger partial charge in [0.05, 0.1) is 18.2 Å². The number of H-pyrrole nitrogens is 1. The zero-order valence-corrected chi connectivity index (χ0v) is 18.8. The summed E-state index contributed by atoms with van der Waals surface area (Å²) in [6.07, 6.45) is 5.41. The van der Waals surface area contributed by atoms with Crippen molar-refractivity contribution in [1.29, 1.82) is 0 Å². The number of nitrogens with one attached hydrogen (secondary N) is 2. The molecule has 0 spiro atoms. The molecule has 34 heavy (non-hydrogen) atoms. The van der Waals surface area contributed by atoms with E-state index in [1.54, 1.807) is 24.4 Å². The maximum atomic E-state index is 12.9. The Hall–Kier alpha value is -3.69. The van der Waals surface area contributed by atoms with E-state index in [2.05, 4.69) is 15.5 Å². The van der Waals surface area contributed by atoms with Gasteiger partial charge in [0.25, 0.3) is 5.91 Å². The van der Waals surface area contributed by atoms with Gasteiger partial charge in [0.2, 0.25) is 17.7 Å². The molecule has 1 aromatic carbocycles. The Bertz CT molecular complexity index is 1110. The van der Waals surface area contributed by atoms with Gasteiger partial charge in [-0.3, -0.25) is 29.6 Å². The Kier molecular flexibility index (Phi) is 6.04. The fourth-order valence-corrected chi connectivity index (χ4v) is 4.98. The van der Waals surface area contributed by atoms with Crippen molar-refractivity contribution in [3.05, 3.63) is 47.3 Å². The van der Waals surface area contributed by atoms with Crippen molar-refractivity contribution < 1.29 is 23.9 Å². The minimum absolute atomic E-state index is 0.0185. The molecule has 5 rings (SSSR count). The van der Waals surface area contributed by atoms with Crippen molar-refractivity contribution in [3.8, 4) is 5.75 Å². The van der Waals surface area contributed by atoms with Crippen molar-refractivity contribution >= 4 is 23.6 Å². The molecule has 0 radical (unpaired) electrons. The number of benzene rings is 1. The summed E-state index contributed by atoms with van der Waals surface area (Å²) in [5.74, 6) is -0.272. The highest BCUT2D eigenvalue weighted by Gasteiger charge is 2.39. The highest BCUT2D eigenvalue weighted by Crippen LogP contribution is 2.30. The Morgan fingerprint density at radius 1 is 1.15 bits per heavy atom. The number of ether oxygens (including phenoxy) is 1. The third kappa shape index (κ3) is 4.40. The zero-order chi connectivity index (χ0) is 23.7. The Morgan fingerprint density at radius 2 is 2.03 bits per heavy atom. The smallest absolute Gasteiger partial charge is 0.255 e. The van der Waals surface area contributed by atoms with E-state index in [9.17, 15) is 19.2 Å². The first-order valence-electron chi connectivity index (χ1n) is 11.7. The van der Waals surface area contributed by atoms with Gasteiger partial charge in [0, 0.05) is 31.3 Å². The average Bonchev–Trinajstić information content (AvgIpc) is 3.45. The van der Waals surface area contributed by atoms with Gasteiger partial charge >= 0.3 is 0 Å². The second kappa shape index (κ2) is 9.28. The normalized spacial score (nSPS) is 22.5. The highest BCUT2D eigenvalue weighted by atomic mass is 16.5. The van der Waals surface area contributed by atoms with E-state index >= 15 is 0 Å². The maximum Gasteiger partial charge on any atom is 0.255 e. The van der Waals surface area contributed by atoms with Gasteiger partial charge < -0.3 is 14.5 Å². The van der Waals surface area contributed by atoms with Crippen LogP contribution in [0.1, 0.15) is 53.7 Å². The molecule has 2 atom stereocenters. The molecule has 4 amide bonds. The van der Waals surface area contributed by atoms with Crippen LogP contribution in [0.3, 0.4) is 0 Å². The first-order chi connectivity index (χ1) is 16.5. The standard InChI is InChI=1S/C24H27N5O5/c30-21-7-6-20(23(32)26-21)29-13-15-11-18(4-5-19(15)24(29)33)34-14-17-3-1-2-10-28(17)22(31)12-16-8-9-25-27-16/h4-5,8-9,11,17,20H,1-3,6-7,10,12-14H2,(H,25,27)(H,26,30,32)/t17-,20?/m0/s1. The number of fused-ring (bicyclic) bond motifs is 1. The summed E-state index contributed by atoms with van der Waals surface area (Å²) in [4.78, 5) is 52.8. The lowest BCUT2D eigenvalue weighted by molar-refractivity contribution is -0.137. The summed E-state index contributed by atoms with van der Waals surface area (Å²) in [5, 5.41) is 9.13. The van der Waals surface area contributed by atoms with Crippen LogP contribution in [-0.4, -0.2) is 68.9 Å². The van der Waals surface area contributed by atoms with Gasteiger partial charge in [-0.2, -0.15) is 5.10 Å². The minimum Gasteiger partial charge on any atom is -0.491 e. The molecule has 2 aromatic rings. The van der Waals surface area contributed by atoms with Crippen molar-refractivity contribution in [2.75, 3.05) is 13.2 Å². The summed E-state index contributed by atoms with van der Waals surface area (Å²) < 4.78 is 6.07. The van der Waals surface area contributed by atoms with Crippen molar-refractivity contribution in [2.24, 2.45) is 0 Å². The van der Waals surface area contributed by atoms with E-state index in [0.717, 1.165) is 30.5 Å². The number of carbonyl (C=O) groups excluding carboxylic acids is 4. The lowest BCUT2D eigenvalue weighted by Crippen LogP contribution is -2.52. The summed E-state index contributed by atoms with van der Waals surface area (Å²) in [6.45, 7) is 1.38. The number of carbonyl (C=O) groups is 4. The molecule has 178 valence electrons. The van der Waals surface area contributed by atoms with Crippen LogP contribution in [0.4, 0.5) is 0 Å². The van der Waals surface area contributed by atoms with Crippen molar-refractivity contribution in [1.82, 2.24) is 25.3 Å². The summed E-state index contributed by atoms with van der Waals surface area (Å²) in [6, 6.07) is 6.45. The van der Waals surface area contributed by atoms with Gasteiger partial charge in [-0.1, -0.05) is 0 Å². The number of piperidine rings is 2. The molecule has 2 saturated heterocycles. The molecule has 1 aromatic heterocycles. The number of nitrogens with zero attached hydrogens (tertiary/aromatic N) is 3. The molecule has 10 heteroatoms. The number of rotatable bonds is 6. The van der Waals surface area contributed by atoms with Crippen LogP contribution in [0.15, 0.2) is 30.5 Å². The van der Waals surface area contributed by atoms with Crippen molar-refractivity contribution in [2.45, 2.75) is 57.2 Å². The van der Waals surface area contributed by atoms with E-state index in [4.69, 9.17) is 4.74 Å². The molecule has 3 aliphatic rings. The number of hydrogen-bond acceptors (Lipinski definition) is 6. The molecule has 2 fully saturated rings. The number of aromatic amines is 1. The third-order valence-corrected chi connectivity index (χ3v) is 6.78. The van der Waals surface area contributed by atoms with Crippen LogP contribution in [0.2, 0.25) is 0 Å². The number of amides is 4. The van der Waals surface area contributed by atoms with Crippen LogP contribution < -0.4 is 10.1 Å². The SMILES string of the molecule is O=C1CCC(N2Cc3cc(OC[C@@H]4CCCCN4C(=O)Cc4cc[nH]n4)ccc3C2=O)C(=O)N1. The van der Waals surface area contributed by atoms with Gasteiger partial charge in [0.15, 0.2) is 0 Å². The van der Waals surface area contributed by atoms with Gasteiger partial charge in [-0.05, 0) is 55.5 Å². The lowest BCUT2D eigenvalue weighted by Gasteiger charge is -2.35. The quantitative estimate of drug-likeness (QED) is 0.617. The largest absolute Gasteiger partial charge is 0.491 e. The number of likely N-dealkylation sites (tertiary alicyclic amines) is 1. The molecule has 0 saturated carbocycles. The van der Waals surface area contributed by atoms with Crippen LogP contribution in [0, 0.1) is 0 Å². The number of imide groups is 1. The number of aromatic nitrogens is 2. The van der Waals surface area contributed by atoms with E-state index < -0.39 is 11.9 Å². The molecular formula is C24H27N5O5. The molecule has 1 unspecified atom stereocenters. The van der Waals surface area contributed by atoms with Gasteiger partial charge in [-0.15, -0.1) is 0 Å². The number of hydrogen-bond donors (Lipinski definition) is 2. The second-order valence-corrected chi connectivity index (χ2v) is 9.01. The Morgan fingerprint density at radius 3 is 2.82 bits per heavy atom. The fourth-order valence-electron chi connectivity index (χ4n) is 4.98. The first-order valence-corrected chi connectivity index (χ1v) is 11.7. The predicted molar refractivity (Wildman–Crippen MR) is 120 cm³/mol. The van der Waals surface area contributed by atoms with E-state index in [0.29, 0.717) is 37.4 Å². The van der Waals surface area contributed by atoms with E-state index in [1.807, 2.05) is 11.0 Å². The van der Waals surface area contributed by atoms with Crippen molar-refractivity contribution in [3.63, 3.8) is 0 Å². The molecule has 10 nitrogen and oxygen atoms in total. The van der Waals surface area contributed by atoms with Crippen LogP contribution in [-0.2, 0) is 27.3 Å². The third-order valence-electron chi connectivity index (χ3n) is 6.78. The highest BCUT2D eigenvalue weighted by molar-refractivity contribution is 6.05. The van der Waals surface area contributed by atoms with Gasteiger partial charge in [-0.25, -0.2) is 0 Å².